The zero-order valence-corrected chi connectivity index (χ0v) is 7.62. The third-order valence-corrected chi connectivity index (χ3v) is 1.22. The maximum absolute atomic E-state index is 10.6. The van der Waals surface area contributed by atoms with Crippen molar-refractivity contribution in [3.8, 4) is 0 Å². The van der Waals surface area contributed by atoms with Gasteiger partial charge in [-0.2, -0.15) is 0 Å². The van der Waals surface area contributed by atoms with Crippen LogP contribution in [0.4, 0.5) is 0 Å². The first-order valence-corrected chi connectivity index (χ1v) is 4.07. The Kier molecular flexibility index (Phi) is 8.54. The predicted molar refractivity (Wildman–Crippen MR) is 49.0 cm³/mol. The van der Waals surface area contributed by atoms with Crippen molar-refractivity contribution in [3.63, 3.8) is 0 Å². The van der Waals surface area contributed by atoms with E-state index in [2.05, 4.69) is 11.9 Å². The summed E-state index contributed by atoms with van der Waals surface area (Å²) in [6, 6.07) is 0. The molecule has 0 unspecified atom stereocenters. The summed E-state index contributed by atoms with van der Waals surface area (Å²) in [7, 11) is 0. The summed E-state index contributed by atoms with van der Waals surface area (Å²) in [6.07, 6.45) is 1.22. The lowest BCUT2D eigenvalue weighted by Crippen LogP contribution is -2.25. The van der Waals surface area contributed by atoms with E-state index in [9.17, 15) is 4.79 Å². The molecule has 0 aliphatic heterocycles. The van der Waals surface area contributed by atoms with Gasteiger partial charge in [0.2, 0.25) is 5.91 Å². The van der Waals surface area contributed by atoms with Gasteiger partial charge in [-0.15, -0.1) is 0 Å². The second-order valence-corrected chi connectivity index (χ2v) is 2.18. The number of rotatable bonds is 8. The highest BCUT2D eigenvalue weighted by molar-refractivity contribution is 5.86. The second kappa shape index (κ2) is 9.18. The molecule has 0 heterocycles. The van der Waals surface area contributed by atoms with Gasteiger partial charge in [-0.1, -0.05) is 6.58 Å². The average molecular weight is 188 g/mol. The van der Waals surface area contributed by atoms with Gasteiger partial charge in [0.15, 0.2) is 0 Å². The van der Waals surface area contributed by atoms with Crippen LogP contribution in [0.2, 0.25) is 0 Å². The van der Waals surface area contributed by atoms with Crippen molar-refractivity contribution in [3.05, 3.63) is 12.7 Å². The van der Waals surface area contributed by atoms with Crippen molar-refractivity contribution in [1.29, 1.82) is 0 Å². The van der Waals surface area contributed by atoms with Crippen LogP contribution in [0.15, 0.2) is 12.7 Å². The van der Waals surface area contributed by atoms with Crippen LogP contribution in [0.3, 0.4) is 0 Å². The first-order valence-electron chi connectivity index (χ1n) is 4.07. The van der Waals surface area contributed by atoms with Gasteiger partial charge < -0.3 is 20.5 Å². The summed E-state index contributed by atoms with van der Waals surface area (Å²) in [5.41, 5.74) is 5.08. The lowest BCUT2D eigenvalue weighted by Gasteiger charge is -2.04. The molecule has 0 aliphatic carbocycles. The smallest absolute Gasteiger partial charge is 0.243 e. The summed E-state index contributed by atoms with van der Waals surface area (Å²) in [4.78, 5) is 10.6. The van der Waals surface area contributed by atoms with Crippen LogP contribution in [0.1, 0.15) is 0 Å². The molecule has 13 heavy (non-hydrogen) atoms. The van der Waals surface area contributed by atoms with E-state index in [4.69, 9.17) is 15.2 Å². The maximum atomic E-state index is 10.6. The monoisotopic (exact) mass is 188 g/mol. The number of nitrogens with one attached hydrogen (secondary N) is 1. The summed E-state index contributed by atoms with van der Waals surface area (Å²) in [6.45, 7) is 5.43. The number of carbonyl (C=O) groups is 1. The van der Waals surface area contributed by atoms with E-state index >= 15 is 0 Å². The normalized spacial score (nSPS) is 9.62. The Morgan fingerprint density at radius 2 is 2.08 bits per heavy atom. The molecule has 0 rings (SSSR count). The van der Waals surface area contributed by atoms with Crippen molar-refractivity contribution in [2.24, 2.45) is 5.73 Å². The van der Waals surface area contributed by atoms with E-state index < -0.39 is 0 Å². The molecule has 0 fully saturated rings. The van der Waals surface area contributed by atoms with Gasteiger partial charge in [0.1, 0.15) is 0 Å². The van der Waals surface area contributed by atoms with Crippen LogP contribution in [0.25, 0.3) is 0 Å². The van der Waals surface area contributed by atoms with Crippen molar-refractivity contribution in [2.75, 3.05) is 33.1 Å². The van der Waals surface area contributed by atoms with Crippen molar-refractivity contribution >= 4 is 5.91 Å². The van der Waals surface area contributed by atoms with Gasteiger partial charge in [0.25, 0.3) is 0 Å². The molecule has 0 bridgehead atoms. The number of hydrogen-bond donors (Lipinski definition) is 2. The van der Waals surface area contributed by atoms with Crippen molar-refractivity contribution < 1.29 is 14.3 Å². The molecule has 1 amide bonds. The van der Waals surface area contributed by atoms with Crippen LogP contribution < -0.4 is 11.1 Å². The predicted octanol–water partition coefficient (Wildman–Crippen LogP) is -0.762. The largest absolute Gasteiger partial charge is 0.377 e. The molecule has 3 N–H and O–H groups in total. The highest BCUT2D eigenvalue weighted by Gasteiger charge is 1.92. The molecular weight excluding hydrogens is 172 g/mol. The molecule has 0 aromatic heterocycles. The average Bonchev–Trinajstić information content (AvgIpc) is 2.16. The van der Waals surface area contributed by atoms with Crippen LogP contribution in [0, 0.1) is 0 Å². The minimum atomic E-state index is -0.193. The molecule has 5 heteroatoms. The third-order valence-electron chi connectivity index (χ3n) is 1.22. The standard InChI is InChI=1S/C8H16N2O3/c1-2-8(11)10-3-4-12-5-6-13-7-9/h2H,1,3-7,9H2,(H,10,11). The quantitative estimate of drug-likeness (QED) is 0.298. The van der Waals surface area contributed by atoms with E-state index in [1.54, 1.807) is 0 Å². The molecule has 0 spiro atoms. The Hall–Kier alpha value is -0.910. The van der Waals surface area contributed by atoms with Gasteiger partial charge in [-0.3, -0.25) is 4.79 Å². The SMILES string of the molecule is C=CC(=O)NCCOCCOCN. The van der Waals surface area contributed by atoms with E-state index in [0.29, 0.717) is 26.4 Å². The number of carbonyl (C=O) groups excluding carboxylic acids is 1. The number of nitrogens with two attached hydrogens (primary N) is 1. The number of ether oxygens (including phenoxy) is 2. The molecule has 0 aromatic carbocycles. The van der Waals surface area contributed by atoms with Crippen molar-refractivity contribution in [2.45, 2.75) is 0 Å². The van der Waals surface area contributed by atoms with Gasteiger partial charge in [0.05, 0.1) is 26.6 Å². The van der Waals surface area contributed by atoms with E-state index in [-0.39, 0.29) is 12.6 Å². The topological polar surface area (TPSA) is 73.6 Å². The first kappa shape index (κ1) is 12.1. The molecule has 0 aliphatic rings. The Morgan fingerprint density at radius 3 is 2.69 bits per heavy atom. The fourth-order valence-corrected chi connectivity index (χ4v) is 0.622. The van der Waals surface area contributed by atoms with Gasteiger partial charge in [0, 0.05) is 6.54 Å². The van der Waals surface area contributed by atoms with E-state index in [1.807, 2.05) is 0 Å². The molecule has 5 nitrogen and oxygen atoms in total. The lowest BCUT2D eigenvalue weighted by atomic mass is 10.5. The Bertz CT molecular complexity index is 150. The second-order valence-electron chi connectivity index (χ2n) is 2.18. The molecule has 0 aromatic rings. The highest BCUT2D eigenvalue weighted by atomic mass is 16.5. The third kappa shape index (κ3) is 9.00. The van der Waals surface area contributed by atoms with Crippen LogP contribution in [-0.2, 0) is 14.3 Å². The molecule has 0 saturated carbocycles. The fraction of sp³-hybridized carbons (Fsp3) is 0.625. The maximum Gasteiger partial charge on any atom is 0.243 e. The zero-order valence-electron chi connectivity index (χ0n) is 7.62. The minimum Gasteiger partial charge on any atom is -0.377 e. The lowest BCUT2D eigenvalue weighted by molar-refractivity contribution is -0.116. The summed E-state index contributed by atoms with van der Waals surface area (Å²) < 4.78 is 9.93. The van der Waals surface area contributed by atoms with E-state index in [0.717, 1.165) is 0 Å². The van der Waals surface area contributed by atoms with Crippen LogP contribution in [0.5, 0.6) is 0 Å². The van der Waals surface area contributed by atoms with Crippen molar-refractivity contribution in [1.82, 2.24) is 5.32 Å². The molecule has 0 atom stereocenters. The molecule has 76 valence electrons. The Balaban J connectivity index is 2.99. The van der Waals surface area contributed by atoms with Gasteiger partial charge >= 0.3 is 0 Å². The number of amides is 1. The van der Waals surface area contributed by atoms with Gasteiger partial charge in [-0.25, -0.2) is 0 Å². The molecular formula is C8H16N2O3. The number of hydrogen-bond acceptors (Lipinski definition) is 4. The van der Waals surface area contributed by atoms with Gasteiger partial charge in [-0.05, 0) is 6.08 Å². The van der Waals surface area contributed by atoms with Crippen LogP contribution >= 0.6 is 0 Å². The summed E-state index contributed by atoms with van der Waals surface area (Å²) in [5, 5.41) is 2.58. The summed E-state index contributed by atoms with van der Waals surface area (Å²) >= 11 is 0. The highest BCUT2D eigenvalue weighted by Crippen LogP contribution is 1.76. The Labute approximate surface area is 77.9 Å². The molecule has 0 saturated heterocycles. The summed E-state index contributed by atoms with van der Waals surface area (Å²) in [5.74, 6) is -0.193. The Morgan fingerprint density at radius 1 is 1.38 bits per heavy atom. The zero-order chi connectivity index (χ0) is 9.94. The van der Waals surface area contributed by atoms with Crippen LogP contribution in [-0.4, -0.2) is 39.0 Å². The van der Waals surface area contributed by atoms with E-state index in [1.165, 1.54) is 6.08 Å². The molecule has 0 radical (unpaired) electrons. The minimum absolute atomic E-state index is 0.193. The fourth-order valence-electron chi connectivity index (χ4n) is 0.622. The first-order chi connectivity index (χ1) is 6.31.